The molecule has 1 unspecified atom stereocenters. The molecule has 11 heteroatoms. The number of fused-ring (bicyclic) bond motifs is 1. The Bertz CT molecular complexity index is 1760. The summed E-state index contributed by atoms with van der Waals surface area (Å²) in [6, 6.07) is 11.7. The first-order valence-corrected chi connectivity index (χ1v) is 14.6. The third kappa shape index (κ3) is 6.81. The Labute approximate surface area is 253 Å². The lowest BCUT2D eigenvalue weighted by Crippen LogP contribution is -2.40. The van der Waals surface area contributed by atoms with E-state index in [1.165, 1.54) is 15.9 Å². The van der Waals surface area contributed by atoms with Gasteiger partial charge in [0.1, 0.15) is 12.7 Å². The second-order valence-electron chi connectivity index (χ2n) is 9.13. The summed E-state index contributed by atoms with van der Waals surface area (Å²) in [5.41, 5.74) is 1.73. The summed E-state index contributed by atoms with van der Waals surface area (Å²) < 4.78 is 30.1. The molecule has 0 bridgehead atoms. The smallest absolute Gasteiger partial charge is 0.338 e. The molecule has 1 aromatic heterocycles. The van der Waals surface area contributed by atoms with Gasteiger partial charge in [-0.25, -0.2) is 9.79 Å². The summed E-state index contributed by atoms with van der Waals surface area (Å²) in [6.07, 6.45) is 3.37. The van der Waals surface area contributed by atoms with Crippen LogP contribution in [0.5, 0.6) is 23.0 Å². The molecular formula is C32H33N3O7S. The summed E-state index contributed by atoms with van der Waals surface area (Å²) in [4.78, 5) is 32.4. The highest BCUT2D eigenvalue weighted by molar-refractivity contribution is 7.07. The summed E-state index contributed by atoms with van der Waals surface area (Å²) in [5, 5.41) is 8.89. The van der Waals surface area contributed by atoms with Crippen molar-refractivity contribution in [1.29, 1.82) is 5.26 Å². The van der Waals surface area contributed by atoms with E-state index in [-0.39, 0.29) is 24.3 Å². The van der Waals surface area contributed by atoms with Crippen LogP contribution in [-0.2, 0) is 9.53 Å². The number of allylic oxidation sites excluding steroid dienone is 1. The van der Waals surface area contributed by atoms with Crippen LogP contribution in [0.15, 0.2) is 70.1 Å². The molecule has 0 saturated heterocycles. The first-order valence-electron chi connectivity index (χ1n) is 13.8. The minimum Gasteiger partial charge on any atom is -0.490 e. The normalized spacial score (nSPS) is 14.3. The van der Waals surface area contributed by atoms with Crippen molar-refractivity contribution in [2.75, 3.05) is 33.0 Å². The zero-order valence-electron chi connectivity index (χ0n) is 24.5. The highest BCUT2D eigenvalue weighted by Gasteiger charge is 2.34. The number of carbonyl (C=O) groups excluding carboxylic acids is 1. The molecule has 2 heterocycles. The fraction of sp³-hybridized carbons (Fsp3) is 0.312. The molecule has 0 fully saturated rings. The van der Waals surface area contributed by atoms with Crippen LogP contribution < -0.4 is 33.8 Å². The standard InChI is InChI=1S/C32H33N3O7S/c1-6-15-41-24-13-11-22(19-26(24)39-8-3)29-28(31(37)40-9-4)20(5)34-32-35(29)30(36)27(43-32)18-21-10-12-23(42-16-14-33)25(17-21)38-7-2/h6,10-13,17-19,29H,1,7-9,15-16H2,2-5H3/b27-18-. The van der Waals surface area contributed by atoms with E-state index in [4.69, 9.17) is 28.9 Å². The predicted molar refractivity (Wildman–Crippen MR) is 162 cm³/mol. The van der Waals surface area contributed by atoms with E-state index in [0.717, 1.165) is 0 Å². The molecule has 1 atom stereocenters. The third-order valence-electron chi connectivity index (χ3n) is 6.31. The van der Waals surface area contributed by atoms with Gasteiger partial charge in [-0.3, -0.25) is 9.36 Å². The maximum absolute atomic E-state index is 14.0. The second-order valence-corrected chi connectivity index (χ2v) is 10.1. The van der Waals surface area contributed by atoms with Gasteiger partial charge in [0, 0.05) is 0 Å². The highest BCUT2D eigenvalue weighted by Crippen LogP contribution is 2.36. The maximum atomic E-state index is 14.0. The SMILES string of the molecule is C=CCOc1ccc(C2C(C(=O)OCC)=C(C)N=c3s/c(=C\c4ccc(OCC#N)c(OCC)c4)c(=O)n32)cc1OCC. The third-order valence-corrected chi connectivity index (χ3v) is 7.30. The van der Waals surface area contributed by atoms with Crippen molar-refractivity contribution in [3.8, 4) is 29.1 Å². The molecule has 0 N–H and O–H groups in total. The predicted octanol–water partition coefficient (Wildman–Crippen LogP) is 4.06. The van der Waals surface area contributed by atoms with Crippen molar-refractivity contribution in [3.05, 3.63) is 91.1 Å². The Kier molecular flexibility index (Phi) is 10.4. The van der Waals surface area contributed by atoms with Crippen molar-refractivity contribution in [2.24, 2.45) is 4.99 Å². The number of aromatic nitrogens is 1. The molecule has 43 heavy (non-hydrogen) atoms. The molecule has 1 aliphatic heterocycles. The van der Waals surface area contributed by atoms with Crippen LogP contribution in [-0.4, -0.2) is 43.6 Å². The molecule has 10 nitrogen and oxygen atoms in total. The Hall–Kier alpha value is -4.82. The van der Waals surface area contributed by atoms with E-state index in [1.807, 2.05) is 19.9 Å². The van der Waals surface area contributed by atoms with Gasteiger partial charge in [0.05, 0.1) is 41.7 Å². The topological polar surface area (TPSA) is 121 Å². The van der Waals surface area contributed by atoms with Gasteiger partial charge in [0.2, 0.25) is 0 Å². The zero-order chi connectivity index (χ0) is 30.9. The Morgan fingerprint density at radius 2 is 1.72 bits per heavy atom. The van der Waals surface area contributed by atoms with Crippen molar-refractivity contribution in [3.63, 3.8) is 0 Å². The van der Waals surface area contributed by atoms with Gasteiger partial charge in [-0.2, -0.15) is 5.26 Å². The number of hydrogen-bond acceptors (Lipinski definition) is 10. The number of rotatable bonds is 13. The maximum Gasteiger partial charge on any atom is 0.338 e. The number of hydrogen-bond donors (Lipinski definition) is 0. The molecule has 0 spiro atoms. The molecule has 0 amide bonds. The van der Waals surface area contributed by atoms with Crippen LogP contribution in [0, 0.1) is 11.3 Å². The van der Waals surface area contributed by atoms with Gasteiger partial charge < -0.3 is 23.7 Å². The number of nitrogens with zero attached hydrogens (tertiary/aromatic N) is 3. The van der Waals surface area contributed by atoms with E-state index in [2.05, 4.69) is 11.6 Å². The van der Waals surface area contributed by atoms with Gasteiger partial charge in [-0.05, 0) is 69.2 Å². The first kappa shape index (κ1) is 31.1. The number of esters is 1. The highest BCUT2D eigenvalue weighted by atomic mass is 32.1. The van der Waals surface area contributed by atoms with Crippen molar-refractivity contribution in [2.45, 2.75) is 33.7 Å². The fourth-order valence-corrected chi connectivity index (χ4v) is 5.65. The molecular weight excluding hydrogens is 570 g/mol. The van der Waals surface area contributed by atoms with Gasteiger partial charge in [0.15, 0.2) is 34.4 Å². The molecule has 0 saturated carbocycles. The lowest BCUT2D eigenvalue weighted by Gasteiger charge is -2.25. The molecule has 224 valence electrons. The molecule has 1 aliphatic rings. The largest absolute Gasteiger partial charge is 0.490 e. The average molecular weight is 604 g/mol. The Morgan fingerprint density at radius 1 is 1.02 bits per heavy atom. The number of nitriles is 1. The lowest BCUT2D eigenvalue weighted by atomic mass is 9.95. The lowest BCUT2D eigenvalue weighted by molar-refractivity contribution is -0.139. The quantitative estimate of drug-likeness (QED) is 0.212. The van der Waals surface area contributed by atoms with Crippen LogP contribution in [0.1, 0.15) is 44.9 Å². The number of benzene rings is 2. The van der Waals surface area contributed by atoms with E-state index in [9.17, 15) is 9.59 Å². The first-order chi connectivity index (χ1) is 20.9. The number of thiazole rings is 1. The number of carbonyl (C=O) groups is 1. The summed E-state index contributed by atoms with van der Waals surface area (Å²) in [7, 11) is 0. The summed E-state index contributed by atoms with van der Waals surface area (Å²) >= 11 is 1.21. The molecule has 3 aromatic rings. The Balaban J connectivity index is 1.89. The second kappa shape index (κ2) is 14.4. The van der Waals surface area contributed by atoms with Crippen LogP contribution in [0.25, 0.3) is 6.08 Å². The minimum atomic E-state index is -0.814. The number of ether oxygens (including phenoxy) is 5. The van der Waals surface area contributed by atoms with Gasteiger partial charge in [-0.15, -0.1) is 0 Å². The molecule has 4 rings (SSSR count). The summed E-state index contributed by atoms with van der Waals surface area (Å²) in [5.74, 6) is 1.33. The van der Waals surface area contributed by atoms with Gasteiger partial charge in [-0.1, -0.05) is 36.1 Å². The van der Waals surface area contributed by atoms with Crippen LogP contribution in [0.3, 0.4) is 0 Å². The van der Waals surface area contributed by atoms with Crippen LogP contribution >= 0.6 is 11.3 Å². The molecule has 0 aliphatic carbocycles. The van der Waals surface area contributed by atoms with E-state index in [0.29, 0.717) is 69.0 Å². The van der Waals surface area contributed by atoms with Gasteiger partial charge >= 0.3 is 5.97 Å². The van der Waals surface area contributed by atoms with E-state index >= 15 is 0 Å². The van der Waals surface area contributed by atoms with Crippen molar-refractivity contribution >= 4 is 23.4 Å². The summed E-state index contributed by atoms with van der Waals surface area (Å²) in [6.45, 7) is 12.0. The fourth-order valence-electron chi connectivity index (χ4n) is 4.60. The Morgan fingerprint density at radius 3 is 2.40 bits per heavy atom. The zero-order valence-corrected chi connectivity index (χ0v) is 25.4. The van der Waals surface area contributed by atoms with Crippen LogP contribution in [0.4, 0.5) is 0 Å². The van der Waals surface area contributed by atoms with Crippen LogP contribution in [0.2, 0.25) is 0 Å². The monoisotopic (exact) mass is 603 g/mol. The average Bonchev–Trinajstić information content (AvgIpc) is 3.29. The molecule has 2 aromatic carbocycles. The van der Waals surface area contributed by atoms with Crippen molar-refractivity contribution in [1.82, 2.24) is 4.57 Å². The van der Waals surface area contributed by atoms with E-state index < -0.39 is 12.0 Å². The van der Waals surface area contributed by atoms with Gasteiger partial charge in [0.25, 0.3) is 5.56 Å². The molecule has 0 radical (unpaired) electrons. The van der Waals surface area contributed by atoms with Crippen molar-refractivity contribution < 1.29 is 28.5 Å². The minimum absolute atomic E-state index is 0.119. The van der Waals surface area contributed by atoms with E-state index in [1.54, 1.807) is 62.4 Å².